The molecule has 0 bridgehead atoms. The van der Waals surface area contributed by atoms with Crippen LogP contribution in [0.5, 0.6) is 11.5 Å². The third-order valence-electron chi connectivity index (χ3n) is 5.07. The predicted octanol–water partition coefficient (Wildman–Crippen LogP) is 4.97. The number of hydrogen-bond acceptors (Lipinski definition) is 7. The van der Waals surface area contributed by atoms with Crippen LogP contribution in [-0.4, -0.2) is 30.2 Å². The highest BCUT2D eigenvalue weighted by atomic mass is 35.5. The van der Waals surface area contributed by atoms with Crippen molar-refractivity contribution in [2.75, 3.05) is 25.1 Å². The molecule has 2 N–H and O–H groups in total. The van der Waals surface area contributed by atoms with E-state index in [1.54, 1.807) is 24.6 Å². The van der Waals surface area contributed by atoms with E-state index in [-0.39, 0.29) is 12.4 Å². The Morgan fingerprint density at radius 2 is 1.91 bits per heavy atom. The fourth-order valence-electron chi connectivity index (χ4n) is 3.37. The minimum absolute atomic E-state index is 0. The highest BCUT2D eigenvalue weighted by Crippen LogP contribution is 2.32. The minimum Gasteiger partial charge on any atom is -0.493 e. The third kappa shape index (κ3) is 5.48. The van der Waals surface area contributed by atoms with Crippen molar-refractivity contribution in [1.29, 1.82) is 0 Å². The molecule has 4 rings (SSSR count). The molecule has 0 aliphatic carbocycles. The lowest BCUT2D eigenvalue weighted by atomic mass is 10.1. The van der Waals surface area contributed by atoms with Crippen LogP contribution in [0.25, 0.3) is 10.3 Å². The molecule has 0 amide bonds. The second kappa shape index (κ2) is 11.1. The molecular weight excluding hydrogens is 444 g/mol. The SMILES string of the molecule is COc1cc(CN(CCN)c2nc3cccnc3s2)ccc1OCc1ccccc1C.Cl. The molecule has 0 saturated heterocycles. The average molecular weight is 471 g/mol. The van der Waals surface area contributed by atoms with Crippen molar-refractivity contribution in [3.63, 3.8) is 0 Å². The molecule has 32 heavy (non-hydrogen) atoms. The summed E-state index contributed by atoms with van der Waals surface area (Å²) >= 11 is 1.58. The van der Waals surface area contributed by atoms with E-state index in [4.69, 9.17) is 20.2 Å². The number of thiazole rings is 1. The van der Waals surface area contributed by atoms with Crippen molar-refractivity contribution >= 4 is 39.2 Å². The lowest BCUT2D eigenvalue weighted by Crippen LogP contribution is -2.28. The number of methoxy groups -OCH3 is 1. The van der Waals surface area contributed by atoms with Gasteiger partial charge < -0.3 is 20.1 Å². The lowest BCUT2D eigenvalue weighted by molar-refractivity contribution is 0.283. The monoisotopic (exact) mass is 470 g/mol. The zero-order chi connectivity index (χ0) is 21.6. The lowest BCUT2D eigenvalue weighted by Gasteiger charge is -2.22. The number of aromatic nitrogens is 2. The Hall–Kier alpha value is -2.87. The first kappa shape index (κ1) is 23.8. The van der Waals surface area contributed by atoms with Crippen molar-refractivity contribution < 1.29 is 9.47 Å². The van der Waals surface area contributed by atoms with Crippen LogP contribution in [0.15, 0.2) is 60.8 Å². The number of hydrogen-bond donors (Lipinski definition) is 1. The summed E-state index contributed by atoms with van der Waals surface area (Å²) in [5.41, 5.74) is 10.2. The average Bonchev–Trinajstić information content (AvgIpc) is 3.23. The summed E-state index contributed by atoms with van der Waals surface area (Å²) in [4.78, 5) is 12.2. The molecular formula is C24H27ClN4O2S. The van der Waals surface area contributed by atoms with E-state index in [2.05, 4.69) is 35.0 Å². The van der Waals surface area contributed by atoms with Gasteiger partial charge >= 0.3 is 0 Å². The highest BCUT2D eigenvalue weighted by molar-refractivity contribution is 7.21. The number of fused-ring (bicyclic) bond motifs is 1. The Bertz CT molecular complexity index is 1130. The van der Waals surface area contributed by atoms with Gasteiger partial charge in [-0.2, -0.15) is 0 Å². The second-order valence-electron chi connectivity index (χ2n) is 7.23. The molecule has 0 atom stereocenters. The summed E-state index contributed by atoms with van der Waals surface area (Å²) in [5, 5.41) is 0.915. The van der Waals surface area contributed by atoms with Gasteiger partial charge in [0.15, 0.2) is 16.6 Å². The van der Waals surface area contributed by atoms with Gasteiger partial charge in [0, 0.05) is 25.8 Å². The fraction of sp³-hybridized carbons (Fsp3) is 0.250. The number of nitrogens with two attached hydrogens (primary N) is 1. The van der Waals surface area contributed by atoms with Crippen molar-refractivity contribution in [3.8, 4) is 11.5 Å². The van der Waals surface area contributed by atoms with Crippen LogP contribution in [0.2, 0.25) is 0 Å². The number of benzene rings is 2. The summed E-state index contributed by atoms with van der Waals surface area (Å²) in [5.74, 6) is 1.44. The quantitative estimate of drug-likeness (QED) is 0.372. The van der Waals surface area contributed by atoms with Gasteiger partial charge in [-0.05, 0) is 47.9 Å². The van der Waals surface area contributed by atoms with Gasteiger partial charge in [-0.25, -0.2) is 9.97 Å². The maximum atomic E-state index is 6.05. The number of pyridine rings is 1. The molecule has 2 aromatic heterocycles. The molecule has 0 saturated carbocycles. The molecule has 4 aromatic rings. The summed E-state index contributed by atoms with van der Waals surface area (Å²) < 4.78 is 11.7. The molecule has 0 radical (unpaired) electrons. The van der Waals surface area contributed by atoms with E-state index in [9.17, 15) is 0 Å². The van der Waals surface area contributed by atoms with Crippen LogP contribution < -0.4 is 20.1 Å². The van der Waals surface area contributed by atoms with Gasteiger partial charge in [-0.1, -0.05) is 41.7 Å². The standard InChI is InChI=1S/C24H26N4O2S.ClH/c1-17-6-3-4-7-19(17)16-30-21-10-9-18(14-22(21)29-2)15-28(13-11-25)24-27-20-8-5-12-26-23(20)31-24;/h3-10,12,14H,11,13,15-16,25H2,1-2H3;1H. The Kier molecular flexibility index (Phi) is 8.27. The van der Waals surface area contributed by atoms with Crippen LogP contribution in [0.4, 0.5) is 5.13 Å². The Balaban J connectivity index is 0.00000289. The first-order valence-electron chi connectivity index (χ1n) is 10.2. The summed E-state index contributed by atoms with van der Waals surface area (Å²) in [6.07, 6.45) is 1.79. The summed E-state index contributed by atoms with van der Waals surface area (Å²) in [7, 11) is 1.66. The Morgan fingerprint density at radius 3 is 2.66 bits per heavy atom. The van der Waals surface area contributed by atoms with Crippen LogP contribution in [-0.2, 0) is 13.2 Å². The molecule has 6 nitrogen and oxygen atoms in total. The van der Waals surface area contributed by atoms with E-state index in [0.29, 0.717) is 32.0 Å². The number of halogens is 1. The van der Waals surface area contributed by atoms with Gasteiger partial charge in [0.05, 0.1) is 7.11 Å². The van der Waals surface area contributed by atoms with E-state index in [1.807, 2.05) is 36.4 Å². The molecule has 0 aliphatic heterocycles. The maximum absolute atomic E-state index is 6.05. The molecule has 0 aliphatic rings. The number of nitrogens with zero attached hydrogens (tertiary/aromatic N) is 3. The Labute approximate surface area is 198 Å². The number of rotatable bonds is 9. The molecule has 0 fully saturated rings. The highest BCUT2D eigenvalue weighted by Gasteiger charge is 2.15. The van der Waals surface area contributed by atoms with Gasteiger partial charge in [0.2, 0.25) is 0 Å². The maximum Gasteiger partial charge on any atom is 0.188 e. The molecule has 8 heteroatoms. The zero-order valence-electron chi connectivity index (χ0n) is 18.2. The first-order valence-corrected chi connectivity index (χ1v) is 11.0. The first-order chi connectivity index (χ1) is 15.2. The molecule has 2 heterocycles. The van der Waals surface area contributed by atoms with Gasteiger partial charge in [-0.15, -0.1) is 12.4 Å². The summed E-state index contributed by atoms with van der Waals surface area (Å²) in [6.45, 7) is 4.50. The minimum atomic E-state index is 0. The van der Waals surface area contributed by atoms with Crippen molar-refractivity contribution in [2.45, 2.75) is 20.1 Å². The van der Waals surface area contributed by atoms with E-state index >= 15 is 0 Å². The van der Waals surface area contributed by atoms with E-state index < -0.39 is 0 Å². The largest absolute Gasteiger partial charge is 0.493 e. The molecule has 168 valence electrons. The second-order valence-corrected chi connectivity index (χ2v) is 8.19. The van der Waals surface area contributed by atoms with Crippen LogP contribution >= 0.6 is 23.7 Å². The normalized spacial score (nSPS) is 10.6. The summed E-state index contributed by atoms with van der Waals surface area (Å²) in [6, 6.07) is 18.1. The number of anilines is 1. The van der Waals surface area contributed by atoms with Crippen molar-refractivity contribution in [3.05, 3.63) is 77.5 Å². The van der Waals surface area contributed by atoms with E-state index in [1.165, 1.54) is 5.56 Å². The topological polar surface area (TPSA) is 73.5 Å². The van der Waals surface area contributed by atoms with Crippen LogP contribution in [0.3, 0.4) is 0 Å². The molecule has 0 spiro atoms. The number of ether oxygens (including phenoxy) is 2. The predicted molar refractivity (Wildman–Crippen MR) is 133 cm³/mol. The number of aryl methyl sites for hydroxylation is 1. The third-order valence-corrected chi connectivity index (χ3v) is 6.11. The van der Waals surface area contributed by atoms with Crippen LogP contribution in [0, 0.1) is 6.92 Å². The van der Waals surface area contributed by atoms with E-state index in [0.717, 1.165) is 32.4 Å². The van der Waals surface area contributed by atoms with Crippen molar-refractivity contribution in [1.82, 2.24) is 9.97 Å². The fourth-order valence-corrected chi connectivity index (χ4v) is 4.30. The molecule has 2 aromatic carbocycles. The van der Waals surface area contributed by atoms with Gasteiger partial charge in [-0.3, -0.25) is 0 Å². The molecule has 0 unspecified atom stereocenters. The van der Waals surface area contributed by atoms with Crippen molar-refractivity contribution in [2.24, 2.45) is 5.73 Å². The van der Waals surface area contributed by atoms with Crippen LogP contribution in [0.1, 0.15) is 16.7 Å². The Morgan fingerprint density at radius 1 is 1.06 bits per heavy atom. The van der Waals surface area contributed by atoms with Gasteiger partial charge in [0.25, 0.3) is 0 Å². The zero-order valence-corrected chi connectivity index (χ0v) is 19.8. The van der Waals surface area contributed by atoms with Gasteiger partial charge in [0.1, 0.15) is 17.0 Å². The smallest absolute Gasteiger partial charge is 0.188 e.